The average Bonchev–Trinajstić information content (AvgIpc) is 2.47. The van der Waals surface area contributed by atoms with Gasteiger partial charge in [-0.05, 0) is 44.5 Å². The van der Waals surface area contributed by atoms with E-state index in [4.69, 9.17) is 4.74 Å². The van der Waals surface area contributed by atoms with Gasteiger partial charge < -0.3 is 20.0 Å². The molecule has 2 amide bonds. The standard InChI is InChI=1S/C15H19N3O5/c1-4-23-12-6-5-10(15(21)22)7-11(12)8-16-18-14(20)13(19)17-9(2)3/h5-9H,4H2,1-3H3,(H,17,19)(H,18,20)(H,21,22)/p-1/b16-8-. The van der Waals surface area contributed by atoms with Gasteiger partial charge in [0.2, 0.25) is 0 Å². The number of carbonyl (C=O) groups excluding carboxylic acids is 3. The molecule has 23 heavy (non-hydrogen) atoms. The maximum absolute atomic E-state index is 11.5. The van der Waals surface area contributed by atoms with E-state index < -0.39 is 17.8 Å². The fraction of sp³-hybridized carbons (Fsp3) is 0.333. The number of nitrogens with zero attached hydrogens (tertiary/aromatic N) is 1. The Morgan fingerprint density at radius 2 is 2.00 bits per heavy atom. The quantitative estimate of drug-likeness (QED) is 0.413. The highest BCUT2D eigenvalue weighted by Crippen LogP contribution is 2.18. The number of hydrogen-bond acceptors (Lipinski definition) is 6. The molecule has 0 aliphatic heterocycles. The van der Waals surface area contributed by atoms with Gasteiger partial charge in [0.1, 0.15) is 5.75 Å². The fourth-order valence-corrected chi connectivity index (χ4v) is 1.60. The van der Waals surface area contributed by atoms with E-state index in [1.54, 1.807) is 20.8 Å². The van der Waals surface area contributed by atoms with Gasteiger partial charge in [0.15, 0.2) is 0 Å². The van der Waals surface area contributed by atoms with Crippen molar-refractivity contribution in [2.45, 2.75) is 26.8 Å². The highest BCUT2D eigenvalue weighted by atomic mass is 16.5. The van der Waals surface area contributed by atoms with Gasteiger partial charge in [0.25, 0.3) is 0 Å². The average molecular weight is 320 g/mol. The summed E-state index contributed by atoms with van der Waals surface area (Å²) in [7, 11) is 0. The number of ether oxygens (including phenoxy) is 1. The van der Waals surface area contributed by atoms with Gasteiger partial charge in [-0.3, -0.25) is 9.59 Å². The summed E-state index contributed by atoms with van der Waals surface area (Å²) < 4.78 is 5.33. The minimum Gasteiger partial charge on any atom is -0.545 e. The molecule has 0 fully saturated rings. The van der Waals surface area contributed by atoms with Crippen molar-refractivity contribution in [1.82, 2.24) is 10.7 Å². The molecule has 8 heteroatoms. The summed E-state index contributed by atoms with van der Waals surface area (Å²) in [5, 5.41) is 16.9. The van der Waals surface area contributed by atoms with Crippen LogP contribution in [0, 0.1) is 0 Å². The number of rotatable bonds is 6. The second-order valence-corrected chi connectivity index (χ2v) is 4.80. The van der Waals surface area contributed by atoms with Gasteiger partial charge >= 0.3 is 11.8 Å². The summed E-state index contributed by atoms with van der Waals surface area (Å²) in [5.41, 5.74) is 2.33. The number of aromatic carboxylic acids is 1. The summed E-state index contributed by atoms with van der Waals surface area (Å²) in [5.74, 6) is -2.69. The van der Waals surface area contributed by atoms with Crippen molar-refractivity contribution in [2.24, 2.45) is 5.10 Å². The molecule has 0 saturated heterocycles. The maximum atomic E-state index is 11.5. The van der Waals surface area contributed by atoms with Crippen molar-refractivity contribution in [3.8, 4) is 5.75 Å². The summed E-state index contributed by atoms with van der Waals surface area (Å²) in [4.78, 5) is 33.8. The molecule has 124 valence electrons. The Bertz CT molecular complexity index is 626. The van der Waals surface area contributed by atoms with E-state index in [0.29, 0.717) is 17.9 Å². The fourth-order valence-electron chi connectivity index (χ4n) is 1.60. The van der Waals surface area contributed by atoms with Crippen molar-refractivity contribution in [2.75, 3.05) is 6.61 Å². The van der Waals surface area contributed by atoms with Crippen LogP contribution in [-0.2, 0) is 9.59 Å². The van der Waals surface area contributed by atoms with Crippen LogP contribution in [0.5, 0.6) is 5.75 Å². The van der Waals surface area contributed by atoms with Crippen molar-refractivity contribution in [1.29, 1.82) is 0 Å². The SMILES string of the molecule is CCOc1ccc(C(=O)[O-])cc1/C=N\NC(=O)C(=O)NC(C)C. The highest BCUT2D eigenvalue weighted by molar-refractivity contribution is 6.35. The Hall–Kier alpha value is -2.90. The number of carboxylic acids is 1. The lowest BCUT2D eigenvalue weighted by molar-refractivity contribution is -0.255. The third-order valence-electron chi connectivity index (χ3n) is 2.54. The van der Waals surface area contributed by atoms with E-state index in [1.165, 1.54) is 24.4 Å². The molecule has 0 bridgehead atoms. The molecule has 0 saturated carbocycles. The number of benzene rings is 1. The molecule has 0 radical (unpaired) electrons. The number of hydrazone groups is 1. The molecule has 0 atom stereocenters. The molecule has 0 spiro atoms. The van der Waals surface area contributed by atoms with Gasteiger partial charge in [-0.15, -0.1) is 0 Å². The summed E-state index contributed by atoms with van der Waals surface area (Å²) in [6.07, 6.45) is 1.19. The lowest BCUT2D eigenvalue weighted by atomic mass is 10.1. The molecular weight excluding hydrogens is 302 g/mol. The van der Waals surface area contributed by atoms with E-state index in [-0.39, 0.29) is 11.6 Å². The third-order valence-corrected chi connectivity index (χ3v) is 2.54. The van der Waals surface area contributed by atoms with Gasteiger partial charge in [0.05, 0.1) is 18.8 Å². The number of carbonyl (C=O) groups is 3. The van der Waals surface area contributed by atoms with Crippen molar-refractivity contribution < 1.29 is 24.2 Å². The molecule has 0 aliphatic rings. The Balaban J connectivity index is 2.85. The first-order valence-electron chi connectivity index (χ1n) is 6.97. The Kier molecular flexibility index (Phi) is 6.72. The van der Waals surface area contributed by atoms with Gasteiger partial charge in [-0.25, -0.2) is 5.43 Å². The second-order valence-electron chi connectivity index (χ2n) is 4.80. The number of nitrogens with one attached hydrogen (secondary N) is 2. The van der Waals surface area contributed by atoms with Crippen molar-refractivity contribution >= 4 is 24.0 Å². The minimum atomic E-state index is -1.34. The molecule has 8 nitrogen and oxygen atoms in total. The van der Waals surface area contributed by atoms with E-state index in [1.807, 2.05) is 0 Å². The van der Waals surface area contributed by atoms with Crippen LogP contribution in [0.4, 0.5) is 0 Å². The van der Waals surface area contributed by atoms with Crippen LogP contribution in [0.2, 0.25) is 0 Å². The Labute approximate surface area is 133 Å². The zero-order valence-electron chi connectivity index (χ0n) is 13.1. The Morgan fingerprint density at radius 1 is 1.30 bits per heavy atom. The molecule has 1 rings (SSSR count). The molecule has 1 aromatic rings. The predicted octanol–water partition coefficient (Wildman–Crippen LogP) is -0.576. The largest absolute Gasteiger partial charge is 0.545 e. The topological polar surface area (TPSA) is 120 Å². The predicted molar refractivity (Wildman–Crippen MR) is 81.0 cm³/mol. The van der Waals surface area contributed by atoms with E-state index in [0.717, 1.165) is 0 Å². The zero-order valence-corrected chi connectivity index (χ0v) is 13.1. The monoisotopic (exact) mass is 320 g/mol. The normalized spacial score (nSPS) is 10.6. The molecule has 0 heterocycles. The Morgan fingerprint density at radius 3 is 2.57 bits per heavy atom. The molecule has 0 aliphatic carbocycles. The van der Waals surface area contributed by atoms with Crippen LogP contribution in [0.25, 0.3) is 0 Å². The van der Waals surface area contributed by atoms with Gasteiger partial charge in [-0.2, -0.15) is 5.10 Å². The van der Waals surface area contributed by atoms with Crippen LogP contribution in [0.3, 0.4) is 0 Å². The summed E-state index contributed by atoms with van der Waals surface area (Å²) in [6, 6.07) is 3.92. The van der Waals surface area contributed by atoms with Crippen LogP contribution in [-0.4, -0.2) is 36.6 Å². The first-order valence-corrected chi connectivity index (χ1v) is 6.97. The molecule has 1 aromatic carbocycles. The van der Waals surface area contributed by atoms with Crippen LogP contribution >= 0.6 is 0 Å². The van der Waals surface area contributed by atoms with E-state index >= 15 is 0 Å². The first-order chi connectivity index (χ1) is 10.8. The van der Waals surface area contributed by atoms with Crippen LogP contribution in [0.1, 0.15) is 36.7 Å². The van der Waals surface area contributed by atoms with Crippen molar-refractivity contribution in [3.63, 3.8) is 0 Å². The summed E-state index contributed by atoms with van der Waals surface area (Å²) in [6.45, 7) is 5.57. The minimum absolute atomic E-state index is 0.0567. The van der Waals surface area contributed by atoms with E-state index in [9.17, 15) is 19.5 Å². The lowest BCUT2D eigenvalue weighted by Gasteiger charge is -2.10. The maximum Gasteiger partial charge on any atom is 0.329 e. The molecular formula is C15H18N3O5-. The molecule has 0 aromatic heterocycles. The molecule has 2 N–H and O–H groups in total. The van der Waals surface area contributed by atoms with Crippen LogP contribution in [0.15, 0.2) is 23.3 Å². The number of hydrogen-bond donors (Lipinski definition) is 2. The third kappa shape index (κ3) is 5.77. The van der Waals surface area contributed by atoms with E-state index in [2.05, 4.69) is 15.8 Å². The first kappa shape index (κ1) is 18.1. The van der Waals surface area contributed by atoms with Crippen molar-refractivity contribution in [3.05, 3.63) is 29.3 Å². The smallest absolute Gasteiger partial charge is 0.329 e. The number of amides is 2. The highest BCUT2D eigenvalue weighted by Gasteiger charge is 2.13. The second kappa shape index (κ2) is 8.52. The number of carboxylic acid groups (broad SMARTS) is 1. The molecule has 0 unspecified atom stereocenters. The van der Waals surface area contributed by atoms with Crippen LogP contribution < -0.4 is 20.6 Å². The van der Waals surface area contributed by atoms with Gasteiger partial charge in [0, 0.05) is 11.6 Å². The lowest BCUT2D eigenvalue weighted by Crippen LogP contribution is -2.41. The summed E-state index contributed by atoms with van der Waals surface area (Å²) >= 11 is 0. The zero-order chi connectivity index (χ0) is 17.4. The van der Waals surface area contributed by atoms with Gasteiger partial charge in [-0.1, -0.05) is 0 Å².